The summed E-state index contributed by atoms with van der Waals surface area (Å²) in [5.41, 5.74) is -0.0419. The number of hydrogen-bond donors (Lipinski definition) is 0. The number of halogens is 1. The molecule has 0 radical (unpaired) electrons. The molecule has 0 heterocycles. The fraction of sp³-hybridized carbons (Fsp3) is 1.00. The maximum absolute atomic E-state index is 5.56. The zero-order valence-corrected chi connectivity index (χ0v) is 9.28. The summed E-state index contributed by atoms with van der Waals surface area (Å²) in [5.74, 6) is 0. The molecule has 0 N–H and O–H groups in total. The Hall–Kier alpha value is 0.250. The lowest BCUT2D eigenvalue weighted by molar-refractivity contribution is 0.0497. The van der Waals surface area contributed by atoms with E-state index in [1.54, 1.807) is 0 Å². The highest BCUT2D eigenvalue weighted by Gasteiger charge is 2.27. The van der Waals surface area contributed by atoms with Crippen LogP contribution in [0.1, 0.15) is 59.3 Å². The van der Waals surface area contributed by atoms with Gasteiger partial charge in [0, 0.05) is 0 Å². The van der Waals surface area contributed by atoms with Gasteiger partial charge < -0.3 is 0 Å². The zero-order valence-electron chi connectivity index (χ0n) is 8.53. The van der Waals surface area contributed by atoms with Gasteiger partial charge in [-0.05, 0) is 19.3 Å². The number of rotatable bonds is 7. The van der Waals surface area contributed by atoms with Gasteiger partial charge >= 0.3 is 0 Å². The highest BCUT2D eigenvalue weighted by Crippen LogP contribution is 2.30. The van der Waals surface area contributed by atoms with Gasteiger partial charge in [0.25, 0.3) is 0 Å². The summed E-state index contributed by atoms with van der Waals surface area (Å²) in [6.07, 6.45) is 6.68. The fourth-order valence-electron chi connectivity index (χ4n) is 1.86. The summed E-state index contributed by atoms with van der Waals surface area (Å²) in [4.78, 5) is 0. The summed E-state index contributed by atoms with van der Waals surface area (Å²) in [6.45, 7) is 6.53. The first-order valence-electron chi connectivity index (χ1n) is 5.04. The van der Waals surface area contributed by atoms with E-state index in [-0.39, 0.29) is 5.60 Å². The van der Waals surface area contributed by atoms with E-state index in [1.165, 1.54) is 0 Å². The largest absolute Gasteiger partial charge is 0.273 e. The molecule has 0 atom stereocenters. The standard InChI is InChI=1S/C10H21ClO/c1-4-7-10(12-11,8-5-2)9-6-3/h4-9H2,1-3H3. The lowest BCUT2D eigenvalue weighted by atomic mass is 9.88. The maximum atomic E-state index is 5.56. The minimum absolute atomic E-state index is 0.0419. The topological polar surface area (TPSA) is 9.23 Å². The molecule has 0 spiro atoms. The van der Waals surface area contributed by atoms with E-state index in [0.29, 0.717) is 0 Å². The predicted octanol–water partition coefficient (Wildman–Crippen LogP) is 4.30. The van der Waals surface area contributed by atoms with Gasteiger partial charge in [0.15, 0.2) is 0 Å². The first kappa shape index (κ1) is 12.2. The molecule has 0 saturated carbocycles. The van der Waals surface area contributed by atoms with Gasteiger partial charge in [-0.3, -0.25) is 4.29 Å². The predicted molar refractivity (Wildman–Crippen MR) is 54.4 cm³/mol. The Kier molecular flexibility index (Phi) is 6.87. The van der Waals surface area contributed by atoms with Crippen molar-refractivity contribution in [2.75, 3.05) is 0 Å². The van der Waals surface area contributed by atoms with Gasteiger partial charge in [0.2, 0.25) is 0 Å². The quantitative estimate of drug-likeness (QED) is 0.585. The smallest absolute Gasteiger partial charge is 0.0897 e. The molecule has 0 aromatic carbocycles. The Labute approximate surface area is 81.6 Å². The Morgan fingerprint density at radius 3 is 1.42 bits per heavy atom. The molecule has 0 aromatic rings. The van der Waals surface area contributed by atoms with Crippen LogP contribution in [0, 0.1) is 0 Å². The second-order valence-corrected chi connectivity index (χ2v) is 3.66. The Balaban J connectivity index is 4.06. The third-order valence-corrected chi connectivity index (χ3v) is 2.61. The van der Waals surface area contributed by atoms with Gasteiger partial charge in [0.1, 0.15) is 0 Å². The zero-order chi connectivity index (χ0) is 9.45. The van der Waals surface area contributed by atoms with Gasteiger partial charge in [-0.2, -0.15) is 0 Å². The second-order valence-electron chi connectivity index (χ2n) is 3.51. The molecule has 1 nitrogen and oxygen atoms in total. The van der Waals surface area contributed by atoms with E-state index >= 15 is 0 Å². The highest BCUT2D eigenvalue weighted by molar-refractivity contribution is 6.07. The van der Waals surface area contributed by atoms with E-state index in [1.807, 2.05) is 0 Å². The molecule has 2 heteroatoms. The first-order chi connectivity index (χ1) is 5.74. The monoisotopic (exact) mass is 192 g/mol. The van der Waals surface area contributed by atoms with Crippen LogP contribution in [-0.4, -0.2) is 5.60 Å². The molecule has 0 saturated heterocycles. The van der Waals surface area contributed by atoms with Crippen molar-refractivity contribution < 1.29 is 4.29 Å². The Bertz CT molecular complexity index is 87.0. The fourth-order valence-corrected chi connectivity index (χ4v) is 2.09. The van der Waals surface area contributed by atoms with Gasteiger partial charge in [-0.15, -0.1) is 0 Å². The third-order valence-electron chi connectivity index (χ3n) is 2.28. The van der Waals surface area contributed by atoms with Crippen molar-refractivity contribution in [3.63, 3.8) is 0 Å². The minimum atomic E-state index is -0.0419. The van der Waals surface area contributed by atoms with Gasteiger partial charge in [-0.25, -0.2) is 0 Å². The van der Waals surface area contributed by atoms with Crippen molar-refractivity contribution in [1.82, 2.24) is 0 Å². The van der Waals surface area contributed by atoms with E-state index in [9.17, 15) is 0 Å². The molecule has 0 rings (SSSR count). The first-order valence-corrected chi connectivity index (χ1v) is 5.35. The van der Waals surface area contributed by atoms with Crippen LogP contribution in [0.5, 0.6) is 0 Å². The van der Waals surface area contributed by atoms with Gasteiger partial charge in [0.05, 0.1) is 17.5 Å². The molecule has 0 amide bonds. The third kappa shape index (κ3) is 3.77. The van der Waals surface area contributed by atoms with Crippen molar-refractivity contribution in [1.29, 1.82) is 0 Å². The second kappa shape index (κ2) is 6.73. The summed E-state index contributed by atoms with van der Waals surface area (Å²) >= 11 is 5.56. The van der Waals surface area contributed by atoms with E-state index in [0.717, 1.165) is 38.5 Å². The van der Waals surface area contributed by atoms with Crippen LogP contribution in [0.4, 0.5) is 0 Å². The van der Waals surface area contributed by atoms with E-state index < -0.39 is 0 Å². The summed E-state index contributed by atoms with van der Waals surface area (Å²) < 4.78 is 5.13. The Morgan fingerprint density at radius 1 is 0.917 bits per heavy atom. The normalized spacial score (nSPS) is 12.0. The van der Waals surface area contributed by atoms with Crippen LogP contribution in [0.25, 0.3) is 0 Å². The average Bonchev–Trinajstić information content (AvgIpc) is 2.06. The van der Waals surface area contributed by atoms with Crippen molar-refractivity contribution in [3.8, 4) is 0 Å². The minimum Gasteiger partial charge on any atom is -0.273 e. The van der Waals surface area contributed by atoms with Crippen molar-refractivity contribution in [2.45, 2.75) is 64.9 Å². The van der Waals surface area contributed by atoms with Crippen LogP contribution >= 0.6 is 11.9 Å². The van der Waals surface area contributed by atoms with E-state index in [4.69, 9.17) is 16.2 Å². The molecule has 0 fully saturated rings. The van der Waals surface area contributed by atoms with Crippen molar-refractivity contribution >= 4 is 11.9 Å². The van der Waals surface area contributed by atoms with Crippen LogP contribution in [0.15, 0.2) is 0 Å². The van der Waals surface area contributed by atoms with Crippen molar-refractivity contribution in [2.24, 2.45) is 0 Å². The molecule has 0 unspecified atom stereocenters. The molecule has 0 aliphatic rings. The molecule has 74 valence electrons. The average molecular weight is 193 g/mol. The van der Waals surface area contributed by atoms with Crippen LogP contribution < -0.4 is 0 Å². The summed E-state index contributed by atoms with van der Waals surface area (Å²) in [6, 6.07) is 0. The summed E-state index contributed by atoms with van der Waals surface area (Å²) in [7, 11) is 0. The lowest BCUT2D eigenvalue weighted by Gasteiger charge is -2.29. The highest BCUT2D eigenvalue weighted by atomic mass is 35.5. The molecular formula is C10H21ClO. The van der Waals surface area contributed by atoms with Crippen LogP contribution in [0.2, 0.25) is 0 Å². The molecule has 0 aliphatic carbocycles. The molecular weight excluding hydrogens is 172 g/mol. The van der Waals surface area contributed by atoms with Crippen LogP contribution in [-0.2, 0) is 4.29 Å². The van der Waals surface area contributed by atoms with Crippen molar-refractivity contribution in [3.05, 3.63) is 0 Å². The van der Waals surface area contributed by atoms with E-state index in [2.05, 4.69) is 20.8 Å². The maximum Gasteiger partial charge on any atom is 0.0897 e. The van der Waals surface area contributed by atoms with Crippen LogP contribution in [0.3, 0.4) is 0 Å². The molecule has 0 bridgehead atoms. The number of hydrogen-bond acceptors (Lipinski definition) is 1. The lowest BCUT2D eigenvalue weighted by Crippen LogP contribution is -2.29. The molecule has 0 aliphatic heterocycles. The SMILES string of the molecule is CCCC(CCC)(CCC)OCl. The molecule has 0 aromatic heterocycles. The van der Waals surface area contributed by atoms with Gasteiger partial charge in [-0.1, -0.05) is 40.0 Å². The summed E-state index contributed by atoms with van der Waals surface area (Å²) in [5, 5.41) is 0. The Morgan fingerprint density at radius 2 is 1.25 bits per heavy atom. The molecule has 12 heavy (non-hydrogen) atoms.